The number of hydrogen-bond donors (Lipinski definition) is 2. The predicted molar refractivity (Wildman–Crippen MR) is 71.1 cm³/mol. The van der Waals surface area contributed by atoms with Crippen LogP contribution >= 0.6 is 0 Å². The number of carbonyl (C=O) groups is 1. The molecule has 0 aromatic heterocycles. The molecular formula is C15H15NO2. The number of carboxylic acids is 1. The molecule has 0 spiro atoms. The lowest BCUT2D eigenvalue weighted by Gasteiger charge is -2.05. The number of nitrogens with two attached hydrogens (primary N) is 1. The summed E-state index contributed by atoms with van der Waals surface area (Å²) in [7, 11) is 0. The lowest BCUT2D eigenvalue weighted by molar-refractivity contribution is -0.136. The van der Waals surface area contributed by atoms with Crippen LogP contribution in [0.5, 0.6) is 0 Å². The van der Waals surface area contributed by atoms with Gasteiger partial charge in [-0.05, 0) is 28.3 Å². The average molecular weight is 241 g/mol. The normalized spacial score (nSPS) is 10.3. The van der Waals surface area contributed by atoms with Gasteiger partial charge in [0.1, 0.15) is 0 Å². The molecular weight excluding hydrogens is 226 g/mol. The summed E-state index contributed by atoms with van der Waals surface area (Å²) in [5.41, 5.74) is 9.67. The third kappa shape index (κ3) is 2.96. The highest BCUT2D eigenvalue weighted by molar-refractivity contribution is 5.71. The summed E-state index contributed by atoms with van der Waals surface area (Å²) in [6.45, 7) is 0.519. The van der Waals surface area contributed by atoms with Crippen LogP contribution in [-0.4, -0.2) is 11.1 Å². The van der Waals surface area contributed by atoms with Gasteiger partial charge in [0, 0.05) is 6.54 Å². The summed E-state index contributed by atoms with van der Waals surface area (Å²) < 4.78 is 0. The number of carboxylic acid groups (broad SMARTS) is 1. The van der Waals surface area contributed by atoms with E-state index in [9.17, 15) is 4.79 Å². The monoisotopic (exact) mass is 241 g/mol. The second kappa shape index (κ2) is 5.47. The Morgan fingerprint density at radius 2 is 1.72 bits per heavy atom. The molecule has 0 saturated carbocycles. The molecule has 2 aromatic rings. The Bertz CT molecular complexity index is 547. The molecule has 0 aliphatic rings. The van der Waals surface area contributed by atoms with E-state index in [4.69, 9.17) is 10.8 Å². The fourth-order valence-corrected chi connectivity index (χ4v) is 1.87. The van der Waals surface area contributed by atoms with Crippen LogP contribution in [-0.2, 0) is 17.8 Å². The van der Waals surface area contributed by atoms with Crippen molar-refractivity contribution in [2.24, 2.45) is 5.73 Å². The zero-order chi connectivity index (χ0) is 13.0. The lowest BCUT2D eigenvalue weighted by atomic mass is 10.0. The van der Waals surface area contributed by atoms with Crippen molar-refractivity contribution in [1.82, 2.24) is 0 Å². The van der Waals surface area contributed by atoms with Gasteiger partial charge in [0.15, 0.2) is 0 Å². The second-order valence-corrected chi connectivity index (χ2v) is 4.17. The molecule has 0 unspecified atom stereocenters. The van der Waals surface area contributed by atoms with Crippen LogP contribution < -0.4 is 5.73 Å². The zero-order valence-electron chi connectivity index (χ0n) is 9.97. The van der Waals surface area contributed by atoms with Gasteiger partial charge < -0.3 is 10.8 Å². The first kappa shape index (κ1) is 12.3. The van der Waals surface area contributed by atoms with Crippen LogP contribution in [0, 0.1) is 0 Å². The van der Waals surface area contributed by atoms with Crippen LogP contribution in [0.3, 0.4) is 0 Å². The molecule has 0 saturated heterocycles. The van der Waals surface area contributed by atoms with Crippen molar-refractivity contribution in [2.75, 3.05) is 0 Å². The Labute approximate surface area is 106 Å². The third-order valence-electron chi connectivity index (χ3n) is 2.81. The van der Waals surface area contributed by atoms with Crippen LogP contribution in [0.4, 0.5) is 0 Å². The third-order valence-corrected chi connectivity index (χ3v) is 2.81. The Hall–Kier alpha value is -2.13. The topological polar surface area (TPSA) is 63.3 Å². The largest absolute Gasteiger partial charge is 0.481 e. The first-order chi connectivity index (χ1) is 8.69. The van der Waals surface area contributed by atoms with E-state index in [0.29, 0.717) is 6.54 Å². The van der Waals surface area contributed by atoms with Gasteiger partial charge in [-0.2, -0.15) is 0 Å². The highest BCUT2D eigenvalue weighted by Crippen LogP contribution is 2.21. The van der Waals surface area contributed by atoms with Gasteiger partial charge in [0.05, 0.1) is 6.42 Å². The molecule has 0 amide bonds. The van der Waals surface area contributed by atoms with E-state index in [-0.39, 0.29) is 6.42 Å². The highest BCUT2D eigenvalue weighted by atomic mass is 16.4. The van der Waals surface area contributed by atoms with Gasteiger partial charge >= 0.3 is 5.97 Å². The molecule has 0 fully saturated rings. The Morgan fingerprint density at radius 1 is 1.00 bits per heavy atom. The Balaban J connectivity index is 2.25. The van der Waals surface area contributed by atoms with Crippen LogP contribution in [0.15, 0.2) is 48.5 Å². The summed E-state index contributed by atoms with van der Waals surface area (Å²) in [5, 5.41) is 8.71. The van der Waals surface area contributed by atoms with Crippen molar-refractivity contribution in [3.05, 3.63) is 59.7 Å². The average Bonchev–Trinajstić information content (AvgIpc) is 2.39. The maximum atomic E-state index is 10.6. The van der Waals surface area contributed by atoms with E-state index in [0.717, 1.165) is 22.3 Å². The van der Waals surface area contributed by atoms with E-state index in [1.165, 1.54) is 0 Å². The fraction of sp³-hybridized carbons (Fsp3) is 0.133. The zero-order valence-corrected chi connectivity index (χ0v) is 9.97. The standard InChI is InChI=1S/C15H15NO2/c16-10-12-2-1-3-14(8-12)13-6-4-11(5-7-13)9-15(17)18/h1-8H,9-10,16H2,(H,17,18). The molecule has 18 heavy (non-hydrogen) atoms. The fourth-order valence-electron chi connectivity index (χ4n) is 1.87. The van der Waals surface area contributed by atoms with Crippen molar-refractivity contribution in [1.29, 1.82) is 0 Å². The first-order valence-corrected chi connectivity index (χ1v) is 5.79. The summed E-state index contributed by atoms with van der Waals surface area (Å²) >= 11 is 0. The summed E-state index contributed by atoms with van der Waals surface area (Å²) in [4.78, 5) is 10.6. The summed E-state index contributed by atoms with van der Waals surface area (Å²) in [6, 6.07) is 15.6. The molecule has 3 nitrogen and oxygen atoms in total. The Kier molecular flexibility index (Phi) is 3.75. The van der Waals surface area contributed by atoms with E-state index in [2.05, 4.69) is 0 Å². The van der Waals surface area contributed by atoms with E-state index < -0.39 is 5.97 Å². The maximum Gasteiger partial charge on any atom is 0.307 e. The van der Waals surface area contributed by atoms with E-state index in [1.54, 1.807) is 0 Å². The Morgan fingerprint density at radius 3 is 2.33 bits per heavy atom. The maximum absolute atomic E-state index is 10.6. The minimum atomic E-state index is -0.812. The highest BCUT2D eigenvalue weighted by Gasteiger charge is 2.02. The minimum absolute atomic E-state index is 0.0587. The number of benzene rings is 2. The van der Waals surface area contributed by atoms with Crippen molar-refractivity contribution in [3.8, 4) is 11.1 Å². The lowest BCUT2D eigenvalue weighted by Crippen LogP contribution is -1.99. The summed E-state index contributed by atoms with van der Waals surface area (Å²) in [6.07, 6.45) is 0.0587. The van der Waals surface area contributed by atoms with Crippen molar-refractivity contribution >= 4 is 5.97 Å². The smallest absolute Gasteiger partial charge is 0.307 e. The van der Waals surface area contributed by atoms with Crippen LogP contribution in [0.25, 0.3) is 11.1 Å². The molecule has 3 N–H and O–H groups in total. The summed E-state index contributed by atoms with van der Waals surface area (Å²) in [5.74, 6) is -0.812. The molecule has 2 rings (SSSR count). The van der Waals surface area contributed by atoms with Gasteiger partial charge in [-0.3, -0.25) is 4.79 Å². The van der Waals surface area contributed by atoms with E-state index in [1.807, 2.05) is 48.5 Å². The number of aliphatic carboxylic acids is 1. The SMILES string of the molecule is NCc1cccc(-c2ccc(CC(=O)O)cc2)c1. The number of hydrogen-bond acceptors (Lipinski definition) is 2. The molecule has 2 aromatic carbocycles. The second-order valence-electron chi connectivity index (χ2n) is 4.17. The van der Waals surface area contributed by atoms with Crippen LogP contribution in [0.2, 0.25) is 0 Å². The van der Waals surface area contributed by atoms with E-state index >= 15 is 0 Å². The quantitative estimate of drug-likeness (QED) is 0.864. The van der Waals surface area contributed by atoms with Gasteiger partial charge in [-0.25, -0.2) is 0 Å². The molecule has 0 aliphatic heterocycles. The van der Waals surface area contributed by atoms with Crippen molar-refractivity contribution in [2.45, 2.75) is 13.0 Å². The molecule has 0 radical (unpaired) electrons. The molecule has 92 valence electrons. The first-order valence-electron chi connectivity index (χ1n) is 5.79. The molecule has 0 bridgehead atoms. The van der Waals surface area contributed by atoms with Gasteiger partial charge in [0.2, 0.25) is 0 Å². The molecule has 0 aliphatic carbocycles. The van der Waals surface area contributed by atoms with Crippen LogP contribution in [0.1, 0.15) is 11.1 Å². The number of rotatable bonds is 4. The molecule has 0 heterocycles. The van der Waals surface area contributed by atoms with Crippen molar-refractivity contribution < 1.29 is 9.90 Å². The van der Waals surface area contributed by atoms with Crippen molar-refractivity contribution in [3.63, 3.8) is 0 Å². The minimum Gasteiger partial charge on any atom is -0.481 e. The van der Waals surface area contributed by atoms with Gasteiger partial charge in [-0.15, -0.1) is 0 Å². The van der Waals surface area contributed by atoms with Gasteiger partial charge in [-0.1, -0.05) is 42.5 Å². The molecule has 0 atom stereocenters. The molecule has 3 heteroatoms. The predicted octanol–water partition coefficient (Wildman–Crippen LogP) is 2.44. The van der Waals surface area contributed by atoms with Gasteiger partial charge in [0.25, 0.3) is 0 Å².